The van der Waals surface area contributed by atoms with Crippen molar-refractivity contribution in [1.82, 2.24) is 10.6 Å². The van der Waals surface area contributed by atoms with Crippen molar-refractivity contribution in [2.24, 2.45) is 0 Å². The highest BCUT2D eigenvalue weighted by molar-refractivity contribution is 6.31. The lowest BCUT2D eigenvalue weighted by atomic mass is 10.2. The van der Waals surface area contributed by atoms with Crippen LogP contribution in [0.25, 0.3) is 0 Å². The maximum atomic E-state index is 12.0. The molecule has 5 nitrogen and oxygen atoms in total. The molecule has 6 heteroatoms. The number of amides is 2. The molecule has 0 aliphatic rings. The number of rotatable bonds is 6. The van der Waals surface area contributed by atoms with Crippen molar-refractivity contribution in [2.75, 3.05) is 0 Å². The number of benzene rings is 2. The summed E-state index contributed by atoms with van der Waals surface area (Å²) in [5.74, 6) is -0.313. The summed E-state index contributed by atoms with van der Waals surface area (Å²) >= 11 is 6.03. The molecule has 0 aliphatic carbocycles. The fourth-order valence-corrected chi connectivity index (χ4v) is 2.19. The SMILES string of the molecule is C[C@H](NC(=O)OCc1ccccc1)C(=O)NCc1ccccc1Cl. The largest absolute Gasteiger partial charge is 0.445 e. The second-order valence-electron chi connectivity index (χ2n) is 5.24. The van der Waals surface area contributed by atoms with E-state index in [1.54, 1.807) is 13.0 Å². The topological polar surface area (TPSA) is 67.4 Å². The third-order valence-electron chi connectivity index (χ3n) is 3.35. The van der Waals surface area contributed by atoms with Gasteiger partial charge in [-0.3, -0.25) is 4.79 Å². The molecule has 0 radical (unpaired) electrons. The predicted molar refractivity (Wildman–Crippen MR) is 92.5 cm³/mol. The van der Waals surface area contributed by atoms with Crippen molar-refractivity contribution in [1.29, 1.82) is 0 Å². The van der Waals surface area contributed by atoms with E-state index in [4.69, 9.17) is 16.3 Å². The van der Waals surface area contributed by atoms with Gasteiger partial charge in [0, 0.05) is 11.6 Å². The number of hydrogen-bond acceptors (Lipinski definition) is 3. The minimum absolute atomic E-state index is 0.153. The van der Waals surface area contributed by atoms with Gasteiger partial charge in [-0.1, -0.05) is 60.1 Å². The minimum Gasteiger partial charge on any atom is -0.445 e. The Morgan fingerprint density at radius 2 is 1.75 bits per heavy atom. The van der Waals surface area contributed by atoms with Crippen molar-refractivity contribution in [2.45, 2.75) is 26.1 Å². The van der Waals surface area contributed by atoms with Gasteiger partial charge in [-0.25, -0.2) is 4.79 Å². The van der Waals surface area contributed by atoms with E-state index in [0.29, 0.717) is 11.6 Å². The van der Waals surface area contributed by atoms with Crippen LogP contribution in [0.3, 0.4) is 0 Å². The first-order valence-corrected chi connectivity index (χ1v) is 7.92. The van der Waals surface area contributed by atoms with Crippen LogP contribution in [0.1, 0.15) is 18.1 Å². The zero-order valence-electron chi connectivity index (χ0n) is 13.3. The van der Waals surface area contributed by atoms with E-state index in [1.165, 1.54) is 0 Å². The molecule has 126 valence electrons. The van der Waals surface area contributed by atoms with Crippen LogP contribution in [0.15, 0.2) is 54.6 Å². The monoisotopic (exact) mass is 346 g/mol. The highest BCUT2D eigenvalue weighted by atomic mass is 35.5. The van der Waals surface area contributed by atoms with Crippen molar-refractivity contribution in [3.63, 3.8) is 0 Å². The Kier molecular flexibility index (Phi) is 6.63. The van der Waals surface area contributed by atoms with Gasteiger partial charge in [0.15, 0.2) is 0 Å². The number of carbonyl (C=O) groups is 2. The molecule has 0 saturated heterocycles. The van der Waals surface area contributed by atoms with Crippen LogP contribution in [0.2, 0.25) is 5.02 Å². The summed E-state index contributed by atoms with van der Waals surface area (Å²) in [4.78, 5) is 23.7. The Morgan fingerprint density at radius 3 is 2.46 bits per heavy atom. The van der Waals surface area contributed by atoms with Crippen LogP contribution < -0.4 is 10.6 Å². The standard InChI is InChI=1S/C18H19ClN2O3/c1-13(17(22)20-11-15-9-5-6-10-16(15)19)21-18(23)24-12-14-7-3-2-4-8-14/h2-10,13H,11-12H2,1H3,(H,20,22)(H,21,23)/t13-/m0/s1. The van der Waals surface area contributed by atoms with E-state index in [2.05, 4.69) is 10.6 Å². The van der Waals surface area contributed by atoms with Gasteiger partial charge in [-0.2, -0.15) is 0 Å². The van der Waals surface area contributed by atoms with Crippen LogP contribution >= 0.6 is 11.6 Å². The van der Waals surface area contributed by atoms with Gasteiger partial charge in [0.1, 0.15) is 12.6 Å². The molecule has 0 fully saturated rings. The van der Waals surface area contributed by atoms with Gasteiger partial charge in [-0.15, -0.1) is 0 Å². The van der Waals surface area contributed by atoms with Gasteiger partial charge in [0.25, 0.3) is 0 Å². The second-order valence-corrected chi connectivity index (χ2v) is 5.64. The number of carbonyl (C=O) groups excluding carboxylic acids is 2. The quantitative estimate of drug-likeness (QED) is 0.843. The van der Waals surface area contributed by atoms with Crippen LogP contribution in [-0.2, 0) is 22.7 Å². The zero-order valence-corrected chi connectivity index (χ0v) is 14.0. The normalized spacial score (nSPS) is 11.4. The molecule has 0 bridgehead atoms. The summed E-state index contributed by atoms with van der Waals surface area (Å²) in [6, 6.07) is 15.9. The molecule has 0 spiro atoms. The summed E-state index contributed by atoms with van der Waals surface area (Å²) in [5, 5.41) is 5.80. The summed E-state index contributed by atoms with van der Waals surface area (Å²) in [6.07, 6.45) is -0.640. The van der Waals surface area contributed by atoms with E-state index < -0.39 is 12.1 Å². The first kappa shape index (κ1) is 17.8. The van der Waals surface area contributed by atoms with Gasteiger partial charge in [0.2, 0.25) is 5.91 Å². The molecule has 2 rings (SSSR count). The predicted octanol–water partition coefficient (Wildman–Crippen LogP) is 3.27. The fraction of sp³-hybridized carbons (Fsp3) is 0.222. The zero-order chi connectivity index (χ0) is 17.4. The van der Waals surface area contributed by atoms with Crippen molar-refractivity contribution in [3.05, 3.63) is 70.7 Å². The molecule has 0 saturated carbocycles. The highest BCUT2D eigenvalue weighted by Gasteiger charge is 2.16. The smallest absolute Gasteiger partial charge is 0.408 e. The lowest BCUT2D eigenvalue weighted by Gasteiger charge is -2.14. The number of hydrogen-bond donors (Lipinski definition) is 2. The molecular weight excluding hydrogens is 328 g/mol. The van der Waals surface area contributed by atoms with Crippen molar-refractivity contribution < 1.29 is 14.3 Å². The summed E-state index contributed by atoms with van der Waals surface area (Å²) in [5.41, 5.74) is 1.69. The molecule has 0 unspecified atom stereocenters. The van der Waals surface area contributed by atoms with Gasteiger partial charge in [-0.05, 0) is 24.1 Å². The van der Waals surface area contributed by atoms with Crippen LogP contribution in [-0.4, -0.2) is 18.0 Å². The van der Waals surface area contributed by atoms with E-state index in [0.717, 1.165) is 11.1 Å². The first-order chi connectivity index (χ1) is 11.6. The molecule has 2 N–H and O–H groups in total. The maximum Gasteiger partial charge on any atom is 0.408 e. The van der Waals surface area contributed by atoms with Crippen LogP contribution in [0, 0.1) is 0 Å². The molecule has 0 heterocycles. The molecule has 1 atom stereocenters. The van der Waals surface area contributed by atoms with Gasteiger partial charge in [0.05, 0.1) is 0 Å². The van der Waals surface area contributed by atoms with Gasteiger partial charge >= 0.3 is 6.09 Å². The van der Waals surface area contributed by atoms with Gasteiger partial charge < -0.3 is 15.4 Å². The average Bonchev–Trinajstić information content (AvgIpc) is 2.60. The molecule has 2 amide bonds. The minimum atomic E-state index is -0.712. The maximum absolute atomic E-state index is 12.0. The Balaban J connectivity index is 1.74. The van der Waals surface area contributed by atoms with E-state index >= 15 is 0 Å². The fourth-order valence-electron chi connectivity index (χ4n) is 1.98. The molecule has 2 aromatic rings. The van der Waals surface area contributed by atoms with Crippen molar-refractivity contribution in [3.8, 4) is 0 Å². The summed E-state index contributed by atoms with van der Waals surface area (Å²) in [7, 11) is 0. The van der Waals surface area contributed by atoms with E-state index in [-0.39, 0.29) is 12.5 Å². The van der Waals surface area contributed by atoms with E-state index in [9.17, 15) is 9.59 Å². The second kappa shape index (κ2) is 8.93. The van der Waals surface area contributed by atoms with Crippen molar-refractivity contribution >= 4 is 23.6 Å². The first-order valence-electron chi connectivity index (χ1n) is 7.54. The number of nitrogens with one attached hydrogen (secondary N) is 2. The van der Waals surface area contributed by atoms with E-state index in [1.807, 2.05) is 48.5 Å². The molecular formula is C18H19ClN2O3. The number of ether oxygens (including phenoxy) is 1. The Hall–Kier alpha value is -2.53. The Labute approximate surface area is 146 Å². The Bertz CT molecular complexity index is 692. The number of alkyl carbamates (subject to hydrolysis) is 1. The molecule has 2 aromatic carbocycles. The summed E-state index contributed by atoms with van der Waals surface area (Å²) in [6.45, 7) is 2.04. The van der Waals surface area contributed by atoms with Crippen LogP contribution in [0.5, 0.6) is 0 Å². The van der Waals surface area contributed by atoms with Crippen LogP contribution in [0.4, 0.5) is 4.79 Å². The Morgan fingerprint density at radius 1 is 1.08 bits per heavy atom. The molecule has 0 aliphatic heterocycles. The lowest BCUT2D eigenvalue weighted by molar-refractivity contribution is -0.122. The lowest BCUT2D eigenvalue weighted by Crippen LogP contribution is -2.44. The highest BCUT2D eigenvalue weighted by Crippen LogP contribution is 2.14. The summed E-state index contributed by atoms with van der Waals surface area (Å²) < 4.78 is 5.08. The average molecular weight is 347 g/mol. The molecule has 0 aromatic heterocycles. The molecule has 24 heavy (non-hydrogen) atoms. The third-order valence-corrected chi connectivity index (χ3v) is 3.72. The third kappa shape index (κ3) is 5.59. The number of halogens is 1.